The van der Waals surface area contributed by atoms with E-state index in [-0.39, 0.29) is 5.92 Å². The maximum absolute atomic E-state index is 12.5. The molecule has 0 aliphatic carbocycles. The van der Waals surface area contributed by atoms with Crippen molar-refractivity contribution < 1.29 is 19.1 Å². The van der Waals surface area contributed by atoms with Crippen LogP contribution in [0.4, 0.5) is 16.2 Å². The van der Waals surface area contributed by atoms with Crippen molar-refractivity contribution in [2.24, 2.45) is 5.92 Å². The number of rotatable bonds is 7. The first-order chi connectivity index (χ1) is 13.8. The van der Waals surface area contributed by atoms with E-state index in [2.05, 4.69) is 16.0 Å². The van der Waals surface area contributed by atoms with E-state index in [4.69, 9.17) is 4.74 Å². The number of anilines is 2. The van der Waals surface area contributed by atoms with Crippen LogP contribution in [0, 0.1) is 12.8 Å². The van der Waals surface area contributed by atoms with Crippen molar-refractivity contribution >= 4 is 29.3 Å². The van der Waals surface area contributed by atoms with Crippen molar-refractivity contribution in [3.8, 4) is 0 Å². The minimum absolute atomic E-state index is 0.226. The quantitative estimate of drug-likeness (QED) is 0.621. The van der Waals surface area contributed by atoms with Crippen molar-refractivity contribution in [3.05, 3.63) is 60.2 Å². The van der Waals surface area contributed by atoms with Crippen LogP contribution in [0.5, 0.6) is 0 Å². The lowest BCUT2D eigenvalue weighted by Gasteiger charge is -2.23. The molecule has 3 N–H and O–H groups in total. The standard InChI is InChI=1S/C22H27N3O4/c1-14(2)19(25-22(28)24-17-10-6-5-7-11-17)21(27)29-16(4)20(26)23-18-12-8-9-15(3)13-18/h5-14,16,19H,1-4H3,(H,23,26)(H2,24,25,28)/t16-,19+/m0/s1. The Morgan fingerprint density at radius 3 is 2.14 bits per heavy atom. The van der Waals surface area contributed by atoms with Crippen molar-refractivity contribution in [1.82, 2.24) is 5.32 Å². The zero-order valence-corrected chi connectivity index (χ0v) is 17.1. The van der Waals surface area contributed by atoms with E-state index in [1.54, 1.807) is 44.2 Å². The Balaban J connectivity index is 1.93. The van der Waals surface area contributed by atoms with Crippen LogP contribution in [0.25, 0.3) is 0 Å². The zero-order chi connectivity index (χ0) is 21.4. The fraction of sp³-hybridized carbons (Fsp3) is 0.318. The Morgan fingerprint density at radius 2 is 1.52 bits per heavy atom. The van der Waals surface area contributed by atoms with Crippen LogP contribution in [0.1, 0.15) is 26.3 Å². The number of nitrogens with one attached hydrogen (secondary N) is 3. The van der Waals surface area contributed by atoms with E-state index in [1.165, 1.54) is 6.92 Å². The number of benzene rings is 2. The fourth-order valence-corrected chi connectivity index (χ4v) is 2.60. The molecule has 0 aliphatic rings. The lowest BCUT2D eigenvalue weighted by Crippen LogP contribution is -2.48. The molecule has 2 rings (SSSR count). The van der Waals surface area contributed by atoms with E-state index in [0.717, 1.165) is 5.56 Å². The molecule has 0 unspecified atom stereocenters. The highest BCUT2D eigenvalue weighted by molar-refractivity contribution is 5.96. The van der Waals surface area contributed by atoms with Gasteiger partial charge in [0, 0.05) is 11.4 Å². The summed E-state index contributed by atoms with van der Waals surface area (Å²) in [6.45, 7) is 6.97. The molecule has 3 amide bonds. The molecule has 0 radical (unpaired) electrons. The van der Waals surface area contributed by atoms with Gasteiger partial charge in [0.2, 0.25) is 0 Å². The highest BCUT2D eigenvalue weighted by Crippen LogP contribution is 2.12. The third-order valence-electron chi connectivity index (χ3n) is 4.19. The van der Waals surface area contributed by atoms with Crippen molar-refractivity contribution in [2.75, 3.05) is 10.6 Å². The van der Waals surface area contributed by atoms with Gasteiger partial charge in [-0.2, -0.15) is 0 Å². The van der Waals surface area contributed by atoms with Gasteiger partial charge in [0.05, 0.1) is 0 Å². The Hall–Kier alpha value is -3.35. The first kappa shape index (κ1) is 21.9. The number of aryl methyl sites for hydroxylation is 1. The fourth-order valence-electron chi connectivity index (χ4n) is 2.60. The summed E-state index contributed by atoms with van der Waals surface area (Å²) in [5, 5.41) is 7.98. The highest BCUT2D eigenvalue weighted by Gasteiger charge is 2.29. The first-order valence-corrected chi connectivity index (χ1v) is 9.47. The van der Waals surface area contributed by atoms with Gasteiger partial charge >= 0.3 is 12.0 Å². The monoisotopic (exact) mass is 397 g/mol. The van der Waals surface area contributed by atoms with Gasteiger partial charge < -0.3 is 20.7 Å². The number of esters is 1. The lowest BCUT2D eigenvalue weighted by atomic mass is 10.0. The van der Waals surface area contributed by atoms with Crippen LogP contribution in [-0.4, -0.2) is 30.1 Å². The van der Waals surface area contributed by atoms with E-state index < -0.39 is 30.1 Å². The Bertz CT molecular complexity index is 852. The predicted molar refractivity (Wildman–Crippen MR) is 113 cm³/mol. The summed E-state index contributed by atoms with van der Waals surface area (Å²) >= 11 is 0. The van der Waals surface area contributed by atoms with Gasteiger partial charge in [-0.1, -0.05) is 44.2 Å². The van der Waals surface area contributed by atoms with Gasteiger partial charge in [0.25, 0.3) is 5.91 Å². The molecule has 0 saturated carbocycles. The number of amides is 3. The van der Waals surface area contributed by atoms with Gasteiger partial charge in [0.1, 0.15) is 6.04 Å². The predicted octanol–water partition coefficient (Wildman–Crippen LogP) is 3.71. The Morgan fingerprint density at radius 1 is 0.862 bits per heavy atom. The van der Waals surface area contributed by atoms with Crippen LogP contribution in [0.3, 0.4) is 0 Å². The largest absolute Gasteiger partial charge is 0.451 e. The van der Waals surface area contributed by atoms with E-state index >= 15 is 0 Å². The van der Waals surface area contributed by atoms with E-state index in [0.29, 0.717) is 11.4 Å². The van der Waals surface area contributed by atoms with Crippen LogP contribution in [0.2, 0.25) is 0 Å². The summed E-state index contributed by atoms with van der Waals surface area (Å²) in [6, 6.07) is 14.8. The molecular formula is C22H27N3O4. The molecule has 0 saturated heterocycles. The number of hydrogen-bond donors (Lipinski definition) is 3. The molecule has 2 aromatic rings. The van der Waals surface area contributed by atoms with Gasteiger partial charge in [-0.05, 0) is 49.6 Å². The van der Waals surface area contributed by atoms with Crippen molar-refractivity contribution in [2.45, 2.75) is 39.8 Å². The topological polar surface area (TPSA) is 96.5 Å². The van der Waals surface area contributed by atoms with Gasteiger partial charge in [-0.3, -0.25) is 4.79 Å². The molecule has 0 aromatic heterocycles. The summed E-state index contributed by atoms with van der Waals surface area (Å²) in [6.07, 6.45) is -1.01. The molecule has 0 spiro atoms. The second-order valence-corrected chi connectivity index (χ2v) is 7.12. The molecule has 7 heteroatoms. The van der Waals surface area contributed by atoms with Crippen molar-refractivity contribution in [3.63, 3.8) is 0 Å². The molecule has 29 heavy (non-hydrogen) atoms. The number of hydrogen-bond acceptors (Lipinski definition) is 4. The van der Waals surface area contributed by atoms with E-state index in [9.17, 15) is 14.4 Å². The van der Waals surface area contributed by atoms with E-state index in [1.807, 2.05) is 31.2 Å². The average Bonchev–Trinajstić information content (AvgIpc) is 2.66. The maximum Gasteiger partial charge on any atom is 0.329 e. The second kappa shape index (κ2) is 10.3. The van der Waals surface area contributed by atoms with Crippen LogP contribution in [0.15, 0.2) is 54.6 Å². The average molecular weight is 397 g/mol. The molecule has 0 aliphatic heterocycles. The first-order valence-electron chi connectivity index (χ1n) is 9.47. The lowest BCUT2D eigenvalue weighted by molar-refractivity contribution is -0.156. The Labute approximate surface area is 170 Å². The molecule has 154 valence electrons. The minimum atomic E-state index is -1.01. The number of ether oxygens (including phenoxy) is 1. The molecule has 0 fully saturated rings. The molecule has 2 atom stereocenters. The van der Waals surface area contributed by atoms with Gasteiger partial charge in [0.15, 0.2) is 6.10 Å². The third-order valence-corrected chi connectivity index (χ3v) is 4.19. The Kier molecular flexibility index (Phi) is 7.77. The zero-order valence-electron chi connectivity index (χ0n) is 17.1. The summed E-state index contributed by atoms with van der Waals surface area (Å²) in [7, 11) is 0. The van der Waals surface area contributed by atoms with Gasteiger partial charge in [-0.25, -0.2) is 9.59 Å². The molecule has 0 bridgehead atoms. The maximum atomic E-state index is 12.5. The number of para-hydroxylation sites is 1. The molecule has 0 heterocycles. The molecular weight excluding hydrogens is 370 g/mol. The highest BCUT2D eigenvalue weighted by atomic mass is 16.5. The van der Waals surface area contributed by atoms with Crippen LogP contribution >= 0.6 is 0 Å². The number of urea groups is 1. The summed E-state index contributed by atoms with van der Waals surface area (Å²) in [5.74, 6) is -1.34. The van der Waals surface area contributed by atoms with Gasteiger partial charge in [-0.15, -0.1) is 0 Å². The normalized spacial score (nSPS) is 12.6. The molecule has 7 nitrogen and oxygen atoms in total. The number of carbonyl (C=O) groups excluding carboxylic acids is 3. The smallest absolute Gasteiger partial charge is 0.329 e. The van der Waals surface area contributed by atoms with Crippen LogP contribution < -0.4 is 16.0 Å². The minimum Gasteiger partial charge on any atom is -0.451 e. The summed E-state index contributed by atoms with van der Waals surface area (Å²) in [4.78, 5) is 37.1. The second-order valence-electron chi connectivity index (χ2n) is 7.12. The third kappa shape index (κ3) is 6.95. The number of carbonyl (C=O) groups is 3. The summed E-state index contributed by atoms with van der Waals surface area (Å²) < 4.78 is 5.30. The summed E-state index contributed by atoms with van der Waals surface area (Å²) in [5.41, 5.74) is 2.23. The van der Waals surface area contributed by atoms with Crippen LogP contribution in [-0.2, 0) is 14.3 Å². The van der Waals surface area contributed by atoms with Crippen molar-refractivity contribution in [1.29, 1.82) is 0 Å². The molecule has 2 aromatic carbocycles. The SMILES string of the molecule is Cc1cccc(NC(=O)[C@H](C)OC(=O)[C@H](NC(=O)Nc2ccccc2)C(C)C)c1.